The zero-order valence-corrected chi connectivity index (χ0v) is 9.86. The van der Waals surface area contributed by atoms with Crippen molar-refractivity contribution >= 4 is 0 Å². The molecule has 16 heavy (non-hydrogen) atoms. The van der Waals surface area contributed by atoms with E-state index in [2.05, 4.69) is 34.1 Å². The van der Waals surface area contributed by atoms with Crippen LogP contribution in [0.1, 0.15) is 11.1 Å². The summed E-state index contributed by atoms with van der Waals surface area (Å²) in [6.45, 7) is 7.75. The fourth-order valence-corrected chi connectivity index (χ4v) is 2.10. The zero-order valence-electron chi connectivity index (χ0n) is 9.86. The van der Waals surface area contributed by atoms with Gasteiger partial charge in [-0.1, -0.05) is 24.3 Å². The van der Waals surface area contributed by atoms with Crippen LogP contribution in [-0.4, -0.2) is 49.1 Å². The highest BCUT2D eigenvalue weighted by Crippen LogP contribution is 2.12. The molecule has 1 aromatic carbocycles. The SMILES string of the molecule is c1cc(CCN2CC2)cc(CCN2CC2)c1. The zero-order chi connectivity index (χ0) is 10.8. The highest BCUT2D eigenvalue weighted by molar-refractivity contribution is 5.24. The van der Waals surface area contributed by atoms with Crippen molar-refractivity contribution in [3.05, 3.63) is 35.4 Å². The van der Waals surface area contributed by atoms with Gasteiger partial charge < -0.3 is 9.80 Å². The summed E-state index contributed by atoms with van der Waals surface area (Å²) in [6.07, 6.45) is 2.44. The summed E-state index contributed by atoms with van der Waals surface area (Å²) in [5.74, 6) is 0. The molecular formula is C14H20N2. The van der Waals surface area contributed by atoms with Crippen LogP contribution in [0, 0.1) is 0 Å². The average Bonchev–Trinajstić information content (AvgIpc) is 3.17. The van der Waals surface area contributed by atoms with Crippen LogP contribution < -0.4 is 0 Å². The largest absolute Gasteiger partial charge is 0.300 e. The van der Waals surface area contributed by atoms with Crippen molar-refractivity contribution in [3.8, 4) is 0 Å². The van der Waals surface area contributed by atoms with Gasteiger partial charge in [0.15, 0.2) is 0 Å². The molecule has 2 heterocycles. The molecule has 1 aromatic rings. The summed E-state index contributed by atoms with van der Waals surface area (Å²) in [4.78, 5) is 4.98. The predicted octanol–water partition coefficient (Wildman–Crippen LogP) is 1.40. The lowest BCUT2D eigenvalue weighted by Gasteiger charge is -2.06. The molecule has 0 bridgehead atoms. The van der Waals surface area contributed by atoms with Gasteiger partial charge in [0.1, 0.15) is 0 Å². The van der Waals surface area contributed by atoms with E-state index in [0.717, 1.165) is 0 Å². The quantitative estimate of drug-likeness (QED) is 0.663. The number of hydrogen-bond acceptors (Lipinski definition) is 2. The molecule has 2 nitrogen and oxygen atoms in total. The van der Waals surface area contributed by atoms with E-state index < -0.39 is 0 Å². The van der Waals surface area contributed by atoms with E-state index in [-0.39, 0.29) is 0 Å². The topological polar surface area (TPSA) is 6.02 Å². The van der Waals surface area contributed by atoms with Crippen molar-refractivity contribution in [2.24, 2.45) is 0 Å². The molecular weight excluding hydrogens is 196 g/mol. The minimum absolute atomic E-state index is 1.22. The number of hydrogen-bond donors (Lipinski definition) is 0. The van der Waals surface area contributed by atoms with Crippen molar-refractivity contribution < 1.29 is 0 Å². The molecule has 0 unspecified atom stereocenters. The van der Waals surface area contributed by atoms with Gasteiger partial charge in [-0.15, -0.1) is 0 Å². The van der Waals surface area contributed by atoms with Gasteiger partial charge in [-0.3, -0.25) is 0 Å². The average molecular weight is 216 g/mol. The van der Waals surface area contributed by atoms with E-state index in [1.807, 2.05) is 0 Å². The summed E-state index contributed by atoms with van der Waals surface area (Å²) in [6, 6.07) is 9.15. The minimum Gasteiger partial charge on any atom is -0.300 e. The van der Waals surface area contributed by atoms with Gasteiger partial charge in [-0.2, -0.15) is 0 Å². The van der Waals surface area contributed by atoms with Gasteiger partial charge in [-0.25, -0.2) is 0 Å². The van der Waals surface area contributed by atoms with Gasteiger partial charge in [0, 0.05) is 39.3 Å². The van der Waals surface area contributed by atoms with Crippen LogP contribution in [0.2, 0.25) is 0 Å². The maximum Gasteiger partial charge on any atom is 0.0110 e. The van der Waals surface area contributed by atoms with Gasteiger partial charge in [-0.05, 0) is 24.0 Å². The minimum atomic E-state index is 1.22. The molecule has 2 aliphatic heterocycles. The number of rotatable bonds is 6. The predicted molar refractivity (Wildman–Crippen MR) is 66.7 cm³/mol. The Morgan fingerprint density at radius 1 is 0.812 bits per heavy atom. The standard InChI is InChI=1S/C14H20N2/c1-2-13(4-6-15-8-9-15)12-14(3-1)5-7-16-10-11-16/h1-3,12H,4-11H2. The van der Waals surface area contributed by atoms with Crippen LogP contribution >= 0.6 is 0 Å². The Balaban J connectivity index is 1.52. The second-order valence-corrected chi connectivity index (χ2v) is 5.00. The third kappa shape index (κ3) is 3.06. The lowest BCUT2D eigenvalue weighted by Crippen LogP contribution is -2.05. The molecule has 0 spiro atoms. The van der Waals surface area contributed by atoms with Crippen molar-refractivity contribution in [3.63, 3.8) is 0 Å². The lowest BCUT2D eigenvalue weighted by atomic mass is 10.1. The smallest absolute Gasteiger partial charge is 0.0110 e. The number of benzene rings is 1. The third-order valence-electron chi connectivity index (χ3n) is 3.50. The van der Waals surface area contributed by atoms with Gasteiger partial charge in [0.25, 0.3) is 0 Å². The maximum atomic E-state index is 2.49. The van der Waals surface area contributed by atoms with Crippen molar-refractivity contribution in [2.45, 2.75) is 12.8 Å². The molecule has 2 fully saturated rings. The second kappa shape index (κ2) is 4.56. The van der Waals surface area contributed by atoms with Crippen LogP contribution in [0.4, 0.5) is 0 Å². The first kappa shape index (κ1) is 10.3. The van der Waals surface area contributed by atoms with Crippen molar-refractivity contribution in [2.75, 3.05) is 39.3 Å². The van der Waals surface area contributed by atoms with Gasteiger partial charge in [0.05, 0.1) is 0 Å². The molecule has 0 aromatic heterocycles. The van der Waals surface area contributed by atoms with Crippen LogP contribution in [0.25, 0.3) is 0 Å². The first-order chi connectivity index (χ1) is 7.90. The normalized spacial score (nSPS) is 20.0. The molecule has 2 aliphatic rings. The summed E-state index contributed by atoms with van der Waals surface area (Å²) in [7, 11) is 0. The van der Waals surface area contributed by atoms with Crippen LogP contribution in [-0.2, 0) is 12.8 Å². The van der Waals surface area contributed by atoms with Crippen LogP contribution in [0.3, 0.4) is 0 Å². The molecule has 2 heteroatoms. The van der Waals surface area contributed by atoms with Gasteiger partial charge in [0.2, 0.25) is 0 Å². The van der Waals surface area contributed by atoms with E-state index in [9.17, 15) is 0 Å². The lowest BCUT2D eigenvalue weighted by molar-refractivity contribution is 0.556. The first-order valence-electron chi connectivity index (χ1n) is 6.43. The Morgan fingerprint density at radius 2 is 1.31 bits per heavy atom. The monoisotopic (exact) mass is 216 g/mol. The highest BCUT2D eigenvalue weighted by atomic mass is 15.3. The molecule has 0 atom stereocenters. The molecule has 0 N–H and O–H groups in total. The van der Waals surface area contributed by atoms with Crippen molar-refractivity contribution in [1.29, 1.82) is 0 Å². The molecule has 86 valence electrons. The summed E-state index contributed by atoms with van der Waals surface area (Å²) in [5.41, 5.74) is 3.02. The van der Waals surface area contributed by atoms with E-state index in [4.69, 9.17) is 0 Å². The summed E-state index contributed by atoms with van der Waals surface area (Å²) >= 11 is 0. The Bertz CT molecular complexity index is 322. The van der Waals surface area contributed by atoms with E-state index in [1.165, 1.54) is 63.2 Å². The number of nitrogens with zero attached hydrogens (tertiary/aromatic N) is 2. The fraction of sp³-hybridized carbons (Fsp3) is 0.571. The molecule has 0 amide bonds. The summed E-state index contributed by atoms with van der Waals surface area (Å²) in [5, 5.41) is 0. The Morgan fingerprint density at radius 3 is 1.75 bits per heavy atom. The molecule has 0 radical (unpaired) electrons. The van der Waals surface area contributed by atoms with E-state index >= 15 is 0 Å². The van der Waals surface area contributed by atoms with Crippen LogP contribution in [0.15, 0.2) is 24.3 Å². The maximum absolute atomic E-state index is 2.49. The van der Waals surface area contributed by atoms with Gasteiger partial charge >= 0.3 is 0 Å². The summed E-state index contributed by atoms with van der Waals surface area (Å²) < 4.78 is 0. The molecule has 2 saturated heterocycles. The Labute approximate surface area is 97.9 Å². The van der Waals surface area contributed by atoms with E-state index in [1.54, 1.807) is 0 Å². The Hall–Kier alpha value is -0.860. The second-order valence-electron chi connectivity index (χ2n) is 5.00. The third-order valence-corrected chi connectivity index (χ3v) is 3.50. The Kier molecular flexibility index (Phi) is 2.94. The van der Waals surface area contributed by atoms with E-state index in [0.29, 0.717) is 0 Å². The van der Waals surface area contributed by atoms with Crippen LogP contribution in [0.5, 0.6) is 0 Å². The fourth-order valence-electron chi connectivity index (χ4n) is 2.10. The van der Waals surface area contributed by atoms with Crippen molar-refractivity contribution in [1.82, 2.24) is 9.80 Å². The first-order valence-corrected chi connectivity index (χ1v) is 6.43. The molecule has 0 saturated carbocycles. The highest BCUT2D eigenvalue weighted by Gasteiger charge is 2.17. The molecule has 0 aliphatic carbocycles. The molecule has 3 rings (SSSR count).